The molecule has 0 atom stereocenters. The highest BCUT2D eigenvalue weighted by Crippen LogP contribution is 2.10. The van der Waals surface area contributed by atoms with Gasteiger partial charge in [-0.1, -0.05) is 30.2 Å². The van der Waals surface area contributed by atoms with Crippen LogP contribution in [0.15, 0.2) is 24.3 Å². The van der Waals surface area contributed by atoms with Crippen molar-refractivity contribution in [3.63, 3.8) is 0 Å². The summed E-state index contributed by atoms with van der Waals surface area (Å²) in [7, 11) is 0. The van der Waals surface area contributed by atoms with Gasteiger partial charge in [0.1, 0.15) is 0 Å². The van der Waals surface area contributed by atoms with Gasteiger partial charge in [0.2, 0.25) is 5.91 Å². The van der Waals surface area contributed by atoms with Crippen LogP contribution in [0.1, 0.15) is 31.2 Å². The number of urea groups is 1. The molecule has 0 spiro atoms. The lowest BCUT2D eigenvalue weighted by atomic mass is 10.2. The SMILES string of the molecule is NC(=O)NCCCCCC(=O)NCc1cccc(Cl)c1. The van der Waals surface area contributed by atoms with E-state index in [4.69, 9.17) is 17.3 Å². The Hall–Kier alpha value is -1.75. The lowest BCUT2D eigenvalue weighted by Gasteiger charge is -2.06. The minimum absolute atomic E-state index is 0.0211. The minimum atomic E-state index is -0.510. The zero-order valence-corrected chi connectivity index (χ0v) is 12.1. The molecule has 0 unspecified atom stereocenters. The maximum absolute atomic E-state index is 11.6. The summed E-state index contributed by atoms with van der Waals surface area (Å²) < 4.78 is 0. The second-order valence-corrected chi connectivity index (χ2v) is 4.94. The van der Waals surface area contributed by atoms with Gasteiger partial charge in [0.15, 0.2) is 0 Å². The van der Waals surface area contributed by atoms with E-state index in [9.17, 15) is 9.59 Å². The van der Waals surface area contributed by atoms with E-state index in [-0.39, 0.29) is 5.91 Å². The van der Waals surface area contributed by atoms with Crippen LogP contribution in [-0.4, -0.2) is 18.5 Å². The molecule has 0 aliphatic carbocycles. The molecule has 3 amide bonds. The Morgan fingerprint density at radius 1 is 1.15 bits per heavy atom. The normalized spacial score (nSPS) is 10.1. The van der Waals surface area contributed by atoms with Gasteiger partial charge in [-0.3, -0.25) is 4.79 Å². The summed E-state index contributed by atoms with van der Waals surface area (Å²) in [5, 5.41) is 6.02. The second kappa shape index (κ2) is 9.20. The van der Waals surface area contributed by atoms with Crippen LogP contribution >= 0.6 is 11.6 Å². The average Bonchev–Trinajstić information content (AvgIpc) is 2.40. The number of halogens is 1. The minimum Gasteiger partial charge on any atom is -0.352 e. The highest BCUT2D eigenvalue weighted by atomic mass is 35.5. The number of benzene rings is 1. The van der Waals surface area contributed by atoms with Crippen LogP contribution < -0.4 is 16.4 Å². The molecule has 110 valence electrons. The third kappa shape index (κ3) is 7.63. The van der Waals surface area contributed by atoms with Gasteiger partial charge in [-0.05, 0) is 30.5 Å². The van der Waals surface area contributed by atoms with Crippen LogP contribution in [0.5, 0.6) is 0 Å². The summed E-state index contributed by atoms with van der Waals surface area (Å²) >= 11 is 5.86. The van der Waals surface area contributed by atoms with Gasteiger partial charge < -0.3 is 16.4 Å². The van der Waals surface area contributed by atoms with E-state index in [1.54, 1.807) is 6.07 Å². The number of hydrogen-bond acceptors (Lipinski definition) is 2. The number of unbranched alkanes of at least 4 members (excludes halogenated alkanes) is 2. The van der Waals surface area contributed by atoms with E-state index in [2.05, 4.69) is 10.6 Å². The zero-order chi connectivity index (χ0) is 14.8. The predicted octanol–water partition coefficient (Wildman–Crippen LogP) is 2.18. The van der Waals surface area contributed by atoms with Gasteiger partial charge >= 0.3 is 6.03 Å². The van der Waals surface area contributed by atoms with Crippen molar-refractivity contribution in [2.45, 2.75) is 32.2 Å². The Bertz CT molecular complexity index is 452. The van der Waals surface area contributed by atoms with Gasteiger partial charge in [0.25, 0.3) is 0 Å². The number of nitrogens with two attached hydrogens (primary N) is 1. The molecule has 0 aliphatic rings. The molecule has 0 saturated carbocycles. The van der Waals surface area contributed by atoms with Crippen LogP contribution in [0.25, 0.3) is 0 Å². The second-order valence-electron chi connectivity index (χ2n) is 4.51. The van der Waals surface area contributed by atoms with Crippen LogP contribution in [0.4, 0.5) is 4.79 Å². The third-order valence-corrected chi connectivity index (χ3v) is 2.99. The highest BCUT2D eigenvalue weighted by molar-refractivity contribution is 6.30. The first-order chi connectivity index (χ1) is 9.58. The van der Waals surface area contributed by atoms with Crippen molar-refractivity contribution < 1.29 is 9.59 Å². The molecular formula is C14H20ClN3O2. The van der Waals surface area contributed by atoms with Crippen LogP contribution in [0, 0.1) is 0 Å². The van der Waals surface area contributed by atoms with E-state index in [0.717, 1.165) is 24.8 Å². The van der Waals surface area contributed by atoms with E-state index < -0.39 is 6.03 Å². The quantitative estimate of drug-likeness (QED) is 0.643. The number of rotatable bonds is 8. The number of carbonyl (C=O) groups is 2. The van der Waals surface area contributed by atoms with Gasteiger partial charge in [-0.15, -0.1) is 0 Å². The number of primary amides is 1. The van der Waals surface area contributed by atoms with Crippen molar-refractivity contribution in [1.82, 2.24) is 10.6 Å². The van der Waals surface area contributed by atoms with E-state index >= 15 is 0 Å². The number of amides is 3. The smallest absolute Gasteiger partial charge is 0.312 e. The lowest BCUT2D eigenvalue weighted by Crippen LogP contribution is -2.30. The fourth-order valence-corrected chi connectivity index (χ4v) is 1.95. The van der Waals surface area contributed by atoms with Crippen LogP contribution in [0.3, 0.4) is 0 Å². The first-order valence-electron chi connectivity index (χ1n) is 6.62. The van der Waals surface area contributed by atoms with E-state index in [1.807, 2.05) is 18.2 Å². The van der Waals surface area contributed by atoms with Crippen molar-refractivity contribution in [2.24, 2.45) is 5.73 Å². The highest BCUT2D eigenvalue weighted by Gasteiger charge is 2.02. The summed E-state index contributed by atoms with van der Waals surface area (Å²) in [5.74, 6) is 0.0211. The number of carbonyl (C=O) groups excluding carboxylic acids is 2. The zero-order valence-electron chi connectivity index (χ0n) is 11.3. The third-order valence-electron chi connectivity index (χ3n) is 2.76. The topological polar surface area (TPSA) is 84.2 Å². The van der Waals surface area contributed by atoms with Crippen molar-refractivity contribution in [3.8, 4) is 0 Å². The molecular weight excluding hydrogens is 278 g/mol. The summed E-state index contributed by atoms with van der Waals surface area (Å²) in [6.45, 7) is 1.04. The molecule has 20 heavy (non-hydrogen) atoms. The molecule has 5 nitrogen and oxygen atoms in total. The Balaban J connectivity index is 2.07. The van der Waals surface area contributed by atoms with Crippen molar-refractivity contribution in [2.75, 3.05) is 6.54 Å². The van der Waals surface area contributed by atoms with E-state index in [1.165, 1.54) is 0 Å². The predicted molar refractivity (Wildman–Crippen MR) is 79.4 cm³/mol. The largest absolute Gasteiger partial charge is 0.352 e. The van der Waals surface area contributed by atoms with Crippen molar-refractivity contribution in [3.05, 3.63) is 34.9 Å². The first-order valence-corrected chi connectivity index (χ1v) is 7.00. The fourth-order valence-electron chi connectivity index (χ4n) is 1.73. The molecule has 4 N–H and O–H groups in total. The molecule has 0 aromatic heterocycles. The molecule has 0 aliphatic heterocycles. The average molecular weight is 298 g/mol. The summed E-state index contributed by atoms with van der Waals surface area (Å²) in [6, 6.07) is 6.89. The van der Waals surface area contributed by atoms with Gasteiger partial charge in [-0.2, -0.15) is 0 Å². The Labute approximate surface area is 123 Å². The summed E-state index contributed by atoms with van der Waals surface area (Å²) in [5.41, 5.74) is 5.92. The standard InChI is InChI=1S/C14H20ClN3O2/c15-12-6-4-5-11(9-12)10-18-13(19)7-2-1-3-8-17-14(16)20/h4-6,9H,1-3,7-8,10H2,(H,18,19)(H3,16,17,20). The molecule has 0 bridgehead atoms. The summed E-state index contributed by atoms with van der Waals surface area (Å²) in [4.78, 5) is 22.0. The maximum Gasteiger partial charge on any atom is 0.312 e. The number of hydrogen-bond donors (Lipinski definition) is 3. The fraction of sp³-hybridized carbons (Fsp3) is 0.429. The molecule has 1 aromatic carbocycles. The lowest BCUT2D eigenvalue weighted by molar-refractivity contribution is -0.121. The van der Waals surface area contributed by atoms with Crippen LogP contribution in [-0.2, 0) is 11.3 Å². The van der Waals surface area contributed by atoms with Crippen LogP contribution in [0.2, 0.25) is 5.02 Å². The molecule has 0 saturated heterocycles. The summed E-state index contributed by atoms with van der Waals surface area (Å²) in [6.07, 6.45) is 2.98. The van der Waals surface area contributed by atoms with E-state index in [0.29, 0.717) is 24.5 Å². The molecule has 1 aromatic rings. The Morgan fingerprint density at radius 3 is 2.65 bits per heavy atom. The monoisotopic (exact) mass is 297 g/mol. The van der Waals surface area contributed by atoms with Gasteiger partial charge in [-0.25, -0.2) is 4.79 Å². The molecule has 6 heteroatoms. The van der Waals surface area contributed by atoms with Gasteiger partial charge in [0.05, 0.1) is 0 Å². The van der Waals surface area contributed by atoms with Gasteiger partial charge in [0, 0.05) is 24.5 Å². The molecule has 0 heterocycles. The first kappa shape index (κ1) is 16.3. The number of nitrogens with one attached hydrogen (secondary N) is 2. The molecule has 0 radical (unpaired) electrons. The maximum atomic E-state index is 11.6. The molecule has 1 rings (SSSR count). The Morgan fingerprint density at radius 2 is 1.95 bits per heavy atom. The van der Waals surface area contributed by atoms with Crippen molar-refractivity contribution in [1.29, 1.82) is 0 Å². The van der Waals surface area contributed by atoms with Crippen molar-refractivity contribution >= 4 is 23.5 Å². The molecule has 0 fully saturated rings. The Kier molecular flexibility index (Phi) is 7.50.